The Hall–Kier alpha value is -1.63. The number of aromatic nitrogens is 2. The summed E-state index contributed by atoms with van der Waals surface area (Å²) in [4.78, 5) is 1.17. The average Bonchev–Trinajstić information content (AvgIpc) is 3.13. The van der Waals surface area contributed by atoms with Crippen molar-refractivity contribution in [3.63, 3.8) is 0 Å². The molecule has 0 unspecified atom stereocenters. The SMILES string of the molecule is Nc1n[nH]c(-c2cc3sccc3s2)c1-c1ccc(Br)cc1. The predicted molar refractivity (Wildman–Crippen MR) is 94.8 cm³/mol. The number of anilines is 1. The fourth-order valence-electron chi connectivity index (χ4n) is 2.33. The second-order valence-corrected chi connectivity index (χ2v) is 7.57. The Labute approximate surface area is 137 Å². The standard InChI is InChI=1S/C15H10BrN3S2/c16-9-3-1-8(2-4-9)13-14(18-19-15(13)17)12-7-11-10(21-12)5-6-20-11/h1-7H,(H3,17,18,19). The van der Waals surface area contributed by atoms with Gasteiger partial charge in [0.05, 0.1) is 16.1 Å². The van der Waals surface area contributed by atoms with E-state index in [9.17, 15) is 0 Å². The maximum atomic E-state index is 6.07. The topological polar surface area (TPSA) is 54.7 Å². The van der Waals surface area contributed by atoms with Crippen molar-refractivity contribution in [1.82, 2.24) is 10.2 Å². The zero-order chi connectivity index (χ0) is 14.4. The number of benzene rings is 1. The van der Waals surface area contributed by atoms with Gasteiger partial charge in [0.1, 0.15) is 0 Å². The van der Waals surface area contributed by atoms with Crippen LogP contribution in [-0.4, -0.2) is 10.2 Å². The van der Waals surface area contributed by atoms with E-state index in [2.05, 4.69) is 43.6 Å². The first-order valence-corrected chi connectivity index (χ1v) is 8.78. The Morgan fingerprint density at radius 2 is 1.90 bits per heavy atom. The number of nitrogen functional groups attached to an aromatic ring is 1. The van der Waals surface area contributed by atoms with E-state index in [1.54, 1.807) is 22.7 Å². The van der Waals surface area contributed by atoms with Crippen LogP contribution in [0.4, 0.5) is 5.82 Å². The number of nitrogens with two attached hydrogens (primary N) is 1. The van der Waals surface area contributed by atoms with Gasteiger partial charge >= 0.3 is 0 Å². The van der Waals surface area contributed by atoms with Crippen LogP contribution in [0.25, 0.3) is 31.1 Å². The van der Waals surface area contributed by atoms with Crippen molar-refractivity contribution in [2.45, 2.75) is 0 Å². The van der Waals surface area contributed by atoms with E-state index in [1.165, 1.54) is 14.3 Å². The van der Waals surface area contributed by atoms with Crippen molar-refractivity contribution in [2.24, 2.45) is 0 Å². The second-order valence-electron chi connectivity index (χ2n) is 4.63. The molecule has 4 rings (SSSR count). The van der Waals surface area contributed by atoms with Gasteiger partial charge < -0.3 is 5.73 Å². The molecule has 0 aliphatic carbocycles. The number of hydrogen-bond acceptors (Lipinski definition) is 4. The zero-order valence-electron chi connectivity index (χ0n) is 10.8. The minimum atomic E-state index is 0.532. The van der Waals surface area contributed by atoms with Gasteiger partial charge in [0.25, 0.3) is 0 Å². The molecule has 0 aliphatic heterocycles. The number of thiophene rings is 2. The molecule has 0 saturated heterocycles. The second kappa shape index (κ2) is 4.98. The molecule has 0 amide bonds. The van der Waals surface area contributed by atoms with Crippen LogP contribution in [0.3, 0.4) is 0 Å². The predicted octanol–water partition coefficient (Wildman–Crippen LogP) is 5.36. The van der Waals surface area contributed by atoms with Gasteiger partial charge in [-0.1, -0.05) is 28.1 Å². The monoisotopic (exact) mass is 375 g/mol. The van der Waals surface area contributed by atoms with Crippen LogP contribution in [-0.2, 0) is 0 Å². The summed E-state index contributed by atoms with van der Waals surface area (Å²) in [7, 11) is 0. The summed E-state index contributed by atoms with van der Waals surface area (Å²) < 4.78 is 3.64. The lowest BCUT2D eigenvalue weighted by Crippen LogP contribution is -1.88. The lowest BCUT2D eigenvalue weighted by molar-refractivity contribution is 1.11. The summed E-state index contributed by atoms with van der Waals surface area (Å²) in [5, 5.41) is 9.39. The minimum Gasteiger partial charge on any atom is -0.382 e. The van der Waals surface area contributed by atoms with Crippen molar-refractivity contribution >= 4 is 53.8 Å². The fraction of sp³-hybridized carbons (Fsp3) is 0. The normalized spacial score (nSPS) is 11.3. The van der Waals surface area contributed by atoms with Gasteiger partial charge in [-0.15, -0.1) is 22.7 Å². The molecule has 0 radical (unpaired) electrons. The van der Waals surface area contributed by atoms with Crippen LogP contribution in [0.15, 0.2) is 46.3 Å². The van der Waals surface area contributed by atoms with Crippen LogP contribution in [0.2, 0.25) is 0 Å². The quantitative estimate of drug-likeness (QED) is 0.495. The van der Waals surface area contributed by atoms with Gasteiger partial charge in [-0.2, -0.15) is 5.10 Å². The van der Waals surface area contributed by atoms with E-state index in [0.717, 1.165) is 21.3 Å². The highest BCUT2D eigenvalue weighted by molar-refractivity contribution is 9.10. The van der Waals surface area contributed by atoms with Crippen molar-refractivity contribution in [2.75, 3.05) is 5.73 Å². The van der Waals surface area contributed by atoms with Gasteiger partial charge in [-0.05, 0) is 35.2 Å². The Balaban J connectivity index is 1.90. The molecule has 3 aromatic heterocycles. The third-order valence-electron chi connectivity index (χ3n) is 3.31. The van der Waals surface area contributed by atoms with Gasteiger partial charge in [-0.25, -0.2) is 0 Å². The average molecular weight is 376 g/mol. The molecule has 1 aromatic carbocycles. The molecule has 0 aliphatic rings. The Morgan fingerprint density at radius 1 is 1.10 bits per heavy atom. The smallest absolute Gasteiger partial charge is 0.153 e. The van der Waals surface area contributed by atoms with Gasteiger partial charge in [0, 0.05) is 13.9 Å². The molecule has 0 fully saturated rings. The number of nitrogens with zero attached hydrogens (tertiary/aromatic N) is 1. The molecular formula is C15H10BrN3S2. The van der Waals surface area contributed by atoms with E-state index < -0.39 is 0 Å². The molecule has 21 heavy (non-hydrogen) atoms. The number of halogens is 1. The van der Waals surface area contributed by atoms with Gasteiger partial charge in [0.2, 0.25) is 0 Å². The Kier molecular flexibility index (Phi) is 3.10. The van der Waals surface area contributed by atoms with Gasteiger partial charge in [0.15, 0.2) is 5.82 Å². The Morgan fingerprint density at radius 3 is 2.67 bits per heavy atom. The van der Waals surface area contributed by atoms with Crippen LogP contribution in [0, 0.1) is 0 Å². The highest BCUT2D eigenvalue weighted by Crippen LogP contribution is 2.41. The summed E-state index contributed by atoms with van der Waals surface area (Å²) in [6, 6.07) is 12.5. The largest absolute Gasteiger partial charge is 0.382 e. The third kappa shape index (κ3) is 2.19. The van der Waals surface area contributed by atoms with Gasteiger partial charge in [-0.3, -0.25) is 5.10 Å². The number of nitrogens with one attached hydrogen (secondary N) is 1. The maximum absolute atomic E-state index is 6.07. The Bertz CT molecular complexity index is 890. The van der Waals surface area contributed by atoms with Crippen LogP contribution in [0.5, 0.6) is 0 Å². The highest BCUT2D eigenvalue weighted by Gasteiger charge is 2.17. The summed E-state index contributed by atoms with van der Waals surface area (Å²) in [5.41, 5.74) is 9.10. The van der Waals surface area contributed by atoms with Crippen molar-refractivity contribution in [3.05, 3.63) is 46.3 Å². The maximum Gasteiger partial charge on any atom is 0.153 e. The first-order chi connectivity index (χ1) is 10.2. The molecule has 6 heteroatoms. The van der Waals surface area contributed by atoms with Crippen LogP contribution >= 0.6 is 38.6 Å². The van der Waals surface area contributed by atoms with E-state index in [1.807, 2.05) is 24.3 Å². The van der Waals surface area contributed by atoms with E-state index in [-0.39, 0.29) is 0 Å². The molecule has 0 bridgehead atoms. The number of aromatic amines is 1. The summed E-state index contributed by atoms with van der Waals surface area (Å²) in [6.07, 6.45) is 0. The molecular weight excluding hydrogens is 366 g/mol. The van der Waals surface area contributed by atoms with Crippen LogP contribution < -0.4 is 5.73 Å². The lowest BCUT2D eigenvalue weighted by Gasteiger charge is -2.03. The zero-order valence-corrected chi connectivity index (χ0v) is 14.0. The fourth-order valence-corrected chi connectivity index (χ4v) is 4.71. The molecule has 3 N–H and O–H groups in total. The minimum absolute atomic E-state index is 0.532. The van der Waals surface area contributed by atoms with Crippen LogP contribution in [0.1, 0.15) is 0 Å². The number of fused-ring (bicyclic) bond motifs is 1. The van der Waals surface area contributed by atoms with Crippen molar-refractivity contribution in [1.29, 1.82) is 0 Å². The van der Waals surface area contributed by atoms with E-state index >= 15 is 0 Å². The first-order valence-electron chi connectivity index (χ1n) is 6.29. The number of H-pyrrole nitrogens is 1. The van der Waals surface area contributed by atoms with Crippen molar-refractivity contribution in [3.8, 4) is 21.7 Å². The molecule has 0 saturated carbocycles. The molecule has 0 spiro atoms. The third-order valence-corrected chi connectivity index (χ3v) is 5.95. The molecule has 3 heterocycles. The molecule has 0 atom stereocenters. The number of rotatable bonds is 2. The molecule has 4 aromatic rings. The summed E-state index contributed by atoms with van der Waals surface area (Å²) in [5.74, 6) is 0.532. The van der Waals surface area contributed by atoms with E-state index in [4.69, 9.17) is 5.73 Å². The van der Waals surface area contributed by atoms with Crippen molar-refractivity contribution < 1.29 is 0 Å². The lowest BCUT2D eigenvalue weighted by atomic mass is 10.0. The first kappa shape index (κ1) is 13.1. The summed E-state index contributed by atoms with van der Waals surface area (Å²) in [6.45, 7) is 0. The summed E-state index contributed by atoms with van der Waals surface area (Å²) >= 11 is 6.97. The van der Waals surface area contributed by atoms with E-state index in [0.29, 0.717) is 5.82 Å². The number of hydrogen-bond donors (Lipinski definition) is 2. The molecule has 104 valence electrons. The highest BCUT2D eigenvalue weighted by atomic mass is 79.9. The molecule has 3 nitrogen and oxygen atoms in total.